The highest BCUT2D eigenvalue weighted by molar-refractivity contribution is 5.86. The van der Waals surface area contributed by atoms with Crippen LogP contribution >= 0.6 is 0 Å². The van der Waals surface area contributed by atoms with Crippen molar-refractivity contribution in [2.75, 3.05) is 33.4 Å². The Morgan fingerprint density at radius 2 is 1.93 bits per heavy atom. The number of benzene rings is 2. The predicted octanol–water partition coefficient (Wildman–Crippen LogP) is 5.56. The van der Waals surface area contributed by atoms with Crippen LogP contribution in [0.5, 0.6) is 0 Å². The number of carbonyl (C=O) groups excluding carboxylic acids is 2. The fourth-order valence-electron chi connectivity index (χ4n) is 5.48. The molecule has 2 aromatic carbocycles. The lowest BCUT2D eigenvalue weighted by Crippen LogP contribution is -2.53. The normalized spacial score (nSPS) is 17.3. The zero-order valence-corrected chi connectivity index (χ0v) is 25.1. The number of ether oxygens (including phenoxy) is 3. The number of morpholine rings is 1. The summed E-state index contributed by atoms with van der Waals surface area (Å²) in [6.45, 7) is 10.2. The molecule has 0 spiro atoms. The summed E-state index contributed by atoms with van der Waals surface area (Å²) in [6, 6.07) is 17.3. The van der Waals surface area contributed by atoms with Gasteiger partial charge < -0.3 is 28.6 Å². The van der Waals surface area contributed by atoms with Gasteiger partial charge in [0.2, 0.25) is 0 Å². The molecule has 2 aliphatic rings. The molecule has 2 heterocycles. The smallest absolute Gasteiger partial charge is 0.410 e. The molecule has 224 valence electrons. The highest BCUT2D eigenvalue weighted by atomic mass is 16.6. The van der Waals surface area contributed by atoms with Crippen molar-refractivity contribution >= 4 is 22.9 Å². The molecule has 1 saturated carbocycles. The number of amides is 2. The molecular weight excluding hydrogens is 530 g/mol. The van der Waals surface area contributed by atoms with E-state index in [9.17, 15) is 9.59 Å². The van der Waals surface area contributed by atoms with Gasteiger partial charge in [0.05, 0.1) is 13.2 Å². The van der Waals surface area contributed by atoms with Gasteiger partial charge in [0.25, 0.3) is 5.91 Å². The van der Waals surface area contributed by atoms with Crippen LogP contribution in [0.15, 0.2) is 67.4 Å². The van der Waals surface area contributed by atoms with E-state index < -0.39 is 17.8 Å². The van der Waals surface area contributed by atoms with E-state index in [0.717, 1.165) is 37.8 Å². The molecule has 1 aliphatic carbocycles. The highest BCUT2D eigenvalue weighted by Crippen LogP contribution is 2.32. The summed E-state index contributed by atoms with van der Waals surface area (Å²) in [4.78, 5) is 30.1. The Hall–Kier alpha value is -3.62. The third-order valence-electron chi connectivity index (χ3n) is 8.08. The van der Waals surface area contributed by atoms with Crippen molar-refractivity contribution < 1.29 is 23.8 Å². The third-order valence-corrected chi connectivity index (χ3v) is 8.08. The van der Waals surface area contributed by atoms with Crippen LogP contribution in [0, 0.1) is 0 Å². The zero-order valence-electron chi connectivity index (χ0n) is 25.1. The van der Waals surface area contributed by atoms with E-state index in [1.54, 1.807) is 31.9 Å². The Labute approximate surface area is 248 Å². The molecule has 2 fully saturated rings. The summed E-state index contributed by atoms with van der Waals surface area (Å²) in [7, 11) is 1.73. The molecule has 0 bridgehead atoms. The van der Waals surface area contributed by atoms with Crippen molar-refractivity contribution in [2.24, 2.45) is 0 Å². The Kier molecular flexibility index (Phi) is 9.34. The number of nitrogens with zero attached hydrogens (tertiary/aromatic N) is 3. The van der Waals surface area contributed by atoms with Crippen LogP contribution in [0.25, 0.3) is 10.9 Å². The second kappa shape index (κ2) is 13.1. The first-order valence-electron chi connectivity index (χ1n) is 14.9. The minimum Gasteiger partial charge on any atom is -0.439 e. The first-order chi connectivity index (χ1) is 20.3. The average Bonchev–Trinajstić information content (AvgIpc) is 3.79. The fraction of sp³-hybridized carbons (Fsp3) is 0.471. The molecule has 8 nitrogen and oxygen atoms in total. The SMILES string of the molecule is C=CC(C)(C)OC(=O)N1CCO[C@@H](C(=O)N(Cc2ccc3c(Cc4ccccc4)cn(CCCOC)c3c2)C2CC2)C1. The molecule has 0 radical (unpaired) electrons. The van der Waals surface area contributed by atoms with Crippen LogP contribution in [-0.2, 0) is 38.5 Å². The van der Waals surface area contributed by atoms with Crippen LogP contribution in [0.4, 0.5) is 4.79 Å². The number of fused-ring (bicyclic) bond motifs is 1. The number of aromatic nitrogens is 1. The van der Waals surface area contributed by atoms with Gasteiger partial charge >= 0.3 is 6.09 Å². The maximum atomic E-state index is 13.8. The molecule has 8 heteroatoms. The average molecular weight is 574 g/mol. The minimum absolute atomic E-state index is 0.0710. The van der Waals surface area contributed by atoms with E-state index in [1.807, 2.05) is 11.0 Å². The number of methoxy groups -OCH3 is 1. The van der Waals surface area contributed by atoms with E-state index in [1.165, 1.54) is 22.0 Å². The number of rotatable bonds is 12. The van der Waals surface area contributed by atoms with Gasteiger partial charge in [-0.1, -0.05) is 49.0 Å². The summed E-state index contributed by atoms with van der Waals surface area (Å²) in [5.74, 6) is -0.0710. The molecule has 1 aromatic heterocycles. The third kappa shape index (κ3) is 7.23. The summed E-state index contributed by atoms with van der Waals surface area (Å²) < 4.78 is 19.1. The number of hydrogen-bond acceptors (Lipinski definition) is 5. The molecule has 1 atom stereocenters. The summed E-state index contributed by atoms with van der Waals surface area (Å²) in [5.41, 5.74) is 4.04. The van der Waals surface area contributed by atoms with Gasteiger partial charge in [0.1, 0.15) is 5.60 Å². The standard InChI is InChI=1S/C34H43N3O5/c1-5-34(2,3)42-33(39)36-17-19-41-31(24-36)32(38)37(28-13-14-28)22-26-12-15-29-27(20-25-10-7-6-8-11-25)23-35(30(29)21-26)16-9-18-40-4/h5-8,10-12,15,21,23,28,31H,1,9,13-14,16-20,22,24H2,2-4H3/t31-/m1/s1. The Bertz CT molecular complexity index is 1390. The molecule has 3 aromatic rings. The van der Waals surface area contributed by atoms with Crippen LogP contribution in [0.3, 0.4) is 0 Å². The first kappa shape index (κ1) is 29.9. The van der Waals surface area contributed by atoms with Crippen LogP contribution in [0.2, 0.25) is 0 Å². The van der Waals surface area contributed by atoms with Gasteiger partial charge in [0.15, 0.2) is 6.10 Å². The van der Waals surface area contributed by atoms with Crippen molar-refractivity contribution in [3.63, 3.8) is 0 Å². The van der Waals surface area contributed by atoms with E-state index in [4.69, 9.17) is 14.2 Å². The number of carbonyl (C=O) groups is 2. The monoisotopic (exact) mass is 573 g/mol. The van der Waals surface area contributed by atoms with E-state index in [-0.39, 0.29) is 18.5 Å². The van der Waals surface area contributed by atoms with E-state index >= 15 is 0 Å². The van der Waals surface area contributed by atoms with Gasteiger partial charge in [-0.15, -0.1) is 0 Å². The van der Waals surface area contributed by atoms with Crippen LogP contribution in [0.1, 0.15) is 49.8 Å². The Morgan fingerprint density at radius 3 is 2.64 bits per heavy atom. The molecule has 0 N–H and O–H groups in total. The highest BCUT2D eigenvalue weighted by Gasteiger charge is 2.39. The zero-order chi connectivity index (χ0) is 29.7. The molecule has 1 saturated heterocycles. The van der Waals surface area contributed by atoms with Crippen molar-refractivity contribution in [1.82, 2.24) is 14.4 Å². The summed E-state index contributed by atoms with van der Waals surface area (Å²) in [6.07, 6.45) is 6.44. The topological polar surface area (TPSA) is 73.2 Å². The summed E-state index contributed by atoms with van der Waals surface area (Å²) >= 11 is 0. The van der Waals surface area contributed by atoms with Gasteiger partial charge in [0, 0.05) is 56.5 Å². The molecular formula is C34H43N3O5. The predicted molar refractivity (Wildman–Crippen MR) is 163 cm³/mol. The van der Waals surface area contributed by atoms with Crippen LogP contribution in [-0.4, -0.2) is 77.5 Å². The lowest BCUT2D eigenvalue weighted by molar-refractivity contribution is -0.150. The van der Waals surface area contributed by atoms with Gasteiger partial charge in [-0.25, -0.2) is 4.79 Å². The van der Waals surface area contributed by atoms with Gasteiger partial charge in [-0.3, -0.25) is 4.79 Å². The minimum atomic E-state index is -0.782. The fourth-order valence-corrected chi connectivity index (χ4v) is 5.48. The molecule has 2 amide bonds. The quantitative estimate of drug-likeness (QED) is 0.210. The van der Waals surface area contributed by atoms with Crippen molar-refractivity contribution in [3.8, 4) is 0 Å². The maximum Gasteiger partial charge on any atom is 0.410 e. The van der Waals surface area contributed by atoms with Crippen molar-refractivity contribution in [2.45, 2.75) is 70.4 Å². The lowest BCUT2D eigenvalue weighted by Gasteiger charge is -2.36. The molecule has 5 rings (SSSR count). The second-order valence-electron chi connectivity index (χ2n) is 11.9. The number of hydrogen-bond donors (Lipinski definition) is 0. The molecule has 42 heavy (non-hydrogen) atoms. The Morgan fingerprint density at radius 1 is 1.14 bits per heavy atom. The number of aryl methyl sites for hydroxylation is 1. The lowest BCUT2D eigenvalue weighted by atomic mass is 10.0. The van der Waals surface area contributed by atoms with Gasteiger partial charge in [-0.2, -0.15) is 0 Å². The largest absolute Gasteiger partial charge is 0.439 e. The van der Waals surface area contributed by atoms with Crippen molar-refractivity contribution in [1.29, 1.82) is 0 Å². The molecule has 0 unspecified atom stereocenters. The van der Waals surface area contributed by atoms with E-state index in [0.29, 0.717) is 26.3 Å². The van der Waals surface area contributed by atoms with Crippen LogP contribution < -0.4 is 0 Å². The van der Waals surface area contributed by atoms with Gasteiger partial charge in [-0.05, 0) is 68.4 Å². The molecule has 1 aliphatic heterocycles. The summed E-state index contributed by atoms with van der Waals surface area (Å²) in [5, 5.41) is 1.23. The maximum absolute atomic E-state index is 13.8. The van der Waals surface area contributed by atoms with Crippen molar-refractivity contribution in [3.05, 3.63) is 84.1 Å². The Balaban J connectivity index is 1.34. The first-order valence-corrected chi connectivity index (χ1v) is 14.9. The van der Waals surface area contributed by atoms with E-state index in [2.05, 4.69) is 59.8 Å². The second-order valence-corrected chi connectivity index (χ2v) is 11.9.